The molecule has 5 rings (SSSR count). The number of imidazole rings is 1. The van der Waals surface area contributed by atoms with E-state index in [9.17, 15) is 0 Å². The molecule has 0 aliphatic carbocycles. The molecule has 0 saturated carbocycles. The predicted octanol–water partition coefficient (Wildman–Crippen LogP) is 4.47. The Hall–Kier alpha value is -2.84. The van der Waals surface area contributed by atoms with Gasteiger partial charge < -0.3 is 0 Å². The van der Waals surface area contributed by atoms with Crippen molar-refractivity contribution < 1.29 is 0 Å². The Morgan fingerprint density at radius 1 is 0.885 bits per heavy atom. The summed E-state index contributed by atoms with van der Waals surface area (Å²) >= 11 is 4.94. The molecule has 0 aliphatic rings. The Bertz CT molecular complexity index is 1160. The highest BCUT2D eigenvalue weighted by Crippen LogP contribution is 2.27. The number of rotatable bonds is 3. The van der Waals surface area contributed by atoms with Crippen LogP contribution in [0.2, 0.25) is 0 Å². The van der Waals surface area contributed by atoms with Gasteiger partial charge in [-0.25, -0.2) is 9.50 Å². The van der Waals surface area contributed by atoms with Crippen molar-refractivity contribution in [3.63, 3.8) is 0 Å². The molecule has 0 fully saturated rings. The van der Waals surface area contributed by atoms with E-state index >= 15 is 0 Å². The maximum absolute atomic E-state index is 4.67. The minimum Gasteiger partial charge on any atom is -0.217 e. The summed E-state index contributed by atoms with van der Waals surface area (Å²) in [4.78, 5) is 7.10. The molecule has 6 nitrogen and oxygen atoms in total. The van der Waals surface area contributed by atoms with Crippen molar-refractivity contribution in [2.75, 3.05) is 0 Å². The molecule has 5 aromatic rings. The van der Waals surface area contributed by atoms with Crippen LogP contribution in [0.1, 0.15) is 0 Å². The Kier molecular flexibility index (Phi) is 3.65. The van der Waals surface area contributed by atoms with Crippen LogP contribution >= 0.6 is 27.3 Å². The quantitative estimate of drug-likeness (QED) is 0.430. The maximum Gasteiger partial charge on any atom is 0.213 e. The van der Waals surface area contributed by atoms with Crippen LogP contribution in [0.25, 0.3) is 32.6 Å². The van der Waals surface area contributed by atoms with Crippen LogP contribution in [0.3, 0.4) is 0 Å². The number of para-hydroxylation sites is 1. The van der Waals surface area contributed by atoms with Crippen LogP contribution in [0.4, 0.5) is 0 Å². The van der Waals surface area contributed by atoms with Crippen LogP contribution in [0.15, 0.2) is 71.5 Å². The van der Waals surface area contributed by atoms with E-state index in [0.29, 0.717) is 0 Å². The second-order valence-corrected chi connectivity index (χ2v) is 7.49. The van der Waals surface area contributed by atoms with Gasteiger partial charge in [-0.05, 0) is 24.3 Å². The van der Waals surface area contributed by atoms with Crippen LogP contribution < -0.4 is 0 Å². The first kappa shape index (κ1) is 15.4. The minimum atomic E-state index is 0.731. The standard InChI is InChI=1S/C18H11BrN6S/c19-13-8-6-12(7-9-13)16-11-24-18(21-16)26-17(23-24)15-10-20-25(22-15)14-4-2-1-3-5-14/h1-11H. The lowest BCUT2D eigenvalue weighted by Crippen LogP contribution is -1.97. The van der Waals surface area contributed by atoms with Crippen LogP contribution in [-0.2, 0) is 0 Å². The smallest absolute Gasteiger partial charge is 0.213 e. The molecule has 8 heteroatoms. The fourth-order valence-corrected chi connectivity index (χ4v) is 3.71. The first-order valence-electron chi connectivity index (χ1n) is 7.86. The van der Waals surface area contributed by atoms with Gasteiger partial charge in [0.1, 0.15) is 5.69 Å². The monoisotopic (exact) mass is 422 g/mol. The van der Waals surface area contributed by atoms with Crippen molar-refractivity contribution in [3.05, 3.63) is 71.5 Å². The van der Waals surface area contributed by atoms with Gasteiger partial charge in [0.25, 0.3) is 0 Å². The molecule has 0 spiro atoms. The van der Waals surface area contributed by atoms with E-state index in [1.54, 1.807) is 15.5 Å². The lowest BCUT2D eigenvalue weighted by atomic mass is 10.2. The Morgan fingerprint density at radius 2 is 1.69 bits per heavy atom. The van der Waals surface area contributed by atoms with Gasteiger partial charge in [-0.15, -0.1) is 5.10 Å². The molecule has 126 valence electrons. The van der Waals surface area contributed by atoms with Crippen LogP contribution in [0, 0.1) is 0 Å². The molecule has 0 radical (unpaired) electrons. The fraction of sp³-hybridized carbons (Fsp3) is 0. The zero-order valence-electron chi connectivity index (χ0n) is 13.3. The molecular weight excluding hydrogens is 412 g/mol. The molecule has 2 aromatic carbocycles. The van der Waals surface area contributed by atoms with E-state index in [-0.39, 0.29) is 0 Å². The number of hydrogen-bond acceptors (Lipinski definition) is 5. The summed E-state index contributed by atoms with van der Waals surface area (Å²) in [6.45, 7) is 0. The zero-order valence-corrected chi connectivity index (χ0v) is 15.7. The highest BCUT2D eigenvalue weighted by molar-refractivity contribution is 9.10. The third-order valence-electron chi connectivity index (χ3n) is 3.88. The number of hydrogen-bond donors (Lipinski definition) is 0. The topological polar surface area (TPSA) is 60.9 Å². The summed E-state index contributed by atoms with van der Waals surface area (Å²) in [6, 6.07) is 17.9. The molecule has 0 aliphatic heterocycles. The van der Waals surface area contributed by atoms with E-state index in [4.69, 9.17) is 0 Å². The molecule has 26 heavy (non-hydrogen) atoms. The van der Waals surface area contributed by atoms with Crippen molar-refractivity contribution in [2.24, 2.45) is 0 Å². The second-order valence-electron chi connectivity index (χ2n) is 5.62. The molecule has 3 aromatic heterocycles. The van der Waals surface area contributed by atoms with E-state index in [2.05, 4.69) is 36.2 Å². The van der Waals surface area contributed by atoms with Crippen molar-refractivity contribution in [2.45, 2.75) is 0 Å². The molecule has 0 saturated heterocycles. The summed E-state index contributed by atoms with van der Waals surface area (Å²) in [5, 5.41) is 14.2. The van der Waals surface area contributed by atoms with E-state index in [1.807, 2.05) is 60.8 Å². The third kappa shape index (κ3) is 2.73. The highest BCUT2D eigenvalue weighted by atomic mass is 79.9. The highest BCUT2D eigenvalue weighted by Gasteiger charge is 2.14. The average Bonchev–Trinajstić information content (AvgIpc) is 3.37. The molecule has 0 N–H and O–H groups in total. The van der Waals surface area contributed by atoms with Gasteiger partial charge in [-0.1, -0.05) is 57.6 Å². The normalized spacial score (nSPS) is 11.3. The van der Waals surface area contributed by atoms with Gasteiger partial charge in [-0.3, -0.25) is 0 Å². The molecule has 3 heterocycles. The first-order valence-corrected chi connectivity index (χ1v) is 9.47. The third-order valence-corrected chi connectivity index (χ3v) is 5.35. The average molecular weight is 423 g/mol. The van der Waals surface area contributed by atoms with E-state index < -0.39 is 0 Å². The van der Waals surface area contributed by atoms with E-state index in [1.165, 1.54) is 11.3 Å². The summed E-state index contributed by atoms with van der Waals surface area (Å²) in [5.41, 5.74) is 3.60. The summed E-state index contributed by atoms with van der Waals surface area (Å²) in [7, 11) is 0. The molecule has 0 atom stereocenters. The Morgan fingerprint density at radius 3 is 2.46 bits per heavy atom. The number of benzene rings is 2. The Balaban J connectivity index is 1.48. The summed E-state index contributed by atoms with van der Waals surface area (Å²) < 4.78 is 2.84. The predicted molar refractivity (Wildman–Crippen MR) is 104 cm³/mol. The summed E-state index contributed by atoms with van der Waals surface area (Å²) in [6.07, 6.45) is 3.65. The zero-order chi connectivity index (χ0) is 17.5. The van der Waals surface area contributed by atoms with Gasteiger partial charge in [0.15, 0.2) is 5.01 Å². The molecular formula is C18H11BrN6S. The maximum atomic E-state index is 4.67. The van der Waals surface area contributed by atoms with E-state index in [0.717, 1.165) is 37.1 Å². The first-order chi connectivity index (χ1) is 12.8. The van der Waals surface area contributed by atoms with Gasteiger partial charge in [0.2, 0.25) is 4.96 Å². The van der Waals surface area contributed by atoms with Crippen LogP contribution in [0.5, 0.6) is 0 Å². The van der Waals surface area contributed by atoms with Crippen molar-refractivity contribution in [3.8, 4) is 27.6 Å². The largest absolute Gasteiger partial charge is 0.217 e. The SMILES string of the molecule is Brc1ccc(-c2cn3nc(-c4cnn(-c5ccccc5)n4)sc3n2)cc1. The number of fused-ring (bicyclic) bond motifs is 1. The number of aromatic nitrogens is 6. The molecule has 0 bridgehead atoms. The molecule has 0 amide bonds. The fourth-order valence-electron chi connectivity index (χ4n) is 2.61. The van der Waals surface area contributed by atoms with Gasteiger partial charge in [-0.2, -0.15) is 15.0 Å². The van der Waals surface area contributed by atoms with Gasteiger partial charge in [0, 0.05) is 10.0 Å². The number of halogens is 1. The van der Waals surface area contributed by atoms with Crippen molar-refractivity contribution in [1.82, 2.24) is 29.6 Å². The lowest BCUT2D eigenvalue weighted by Gasteiger charge is -1.96. The number of nitrogens with zero attached hydrogens (tertiary/aromatic N) is 6. The van der Waals surface area contributed by atoms with Gasteiger partial charge >= 0.3 is 0 Å². The summed E-state index contributed by atoms with van der Waals surface area (Å²) in [5.74, 6) is 0. The minimum absolute atomic E-state index is 0.731. The molecule has 0 unspecified atom stereocenters. The van der Waals surface area contributed by atoms with Gasteiger partial charge in [0.05, 0.1) is 23.8 Å². The Labute approximate surface area is 160 Å². The van der Waals surface area contributed by atoms with Crippen molar-refractivity contribution in [1.29, 1.82) is 0 Å². The second kappa shape index (κ2) is 6.15. The van der Waals surface area contributed by atoms with Crippen LogP contribution in [-0.4, -0.2) is 29.6 Å². The van der Waals surface area contributed by atoms with Crippen molar-refractivity contribution >= 4 is 32.2 Å². The lowest BCUT2D eigenvalue weighted by molar-refractivity contribution is 0.753.